The second-order valence-corrected chi connectivity index (χ2v) is 5.04. The molecule has 2 aromatic rings. The summed E-state index contributed by atoms with van der Waals surface area (Å²) in [5.41, 5.74) is 4.43. The smallest absolute Gasteiger partial charge is 0.123 e. The third-order valence-corrected chi connectivity index (χ3v) is 4.03. The van der Waals surface area contributed by atoms with Crippen molar-refractivity contribution in [3.63, 3.8) is 0 Å². The summed E-state index contributed by atoms with van der Waals surface area (Å²) >= 11 is 1.62. The molecule has 0 aliphatic heterocycles. The summed E-state index contributed by atoms with van der Waals surface area (Å²) in [4.78, 5) is 4.55. The van der Waals surface area contributed by atoms with Gasteiger partial charge in [0.05, 0.1) is 12.8 Å². The summed E-state index contributed by atoms with van der Waals surface area (Å²) in [5, 5.41) is 11.9. The van der Waals surface area contributed by atoms with Crippen molar-refractivity contribution in [3.05, 3.63) is 34.3 Å². The molecule has 0 radical (unpaired) electrons. The van der Waals surface area contributed by atoms with E-state index in [1.165, 1.54) is 5.56 Å². The second-order valence-electron chi connectivity index (χ2n) is 4.18. The Morgan fingerprint density at radius 1 is 1.28 bits per heavy atom. The Morgan fingerprint density at radius 2 is 2.06 bits per heavy atom. The van der Waals surface area contributed by atoms with Crippen molar-refractivity contribution in [2.24, 2.45) is 0 Å². The number of ether oxygens (including phenoxy) is 1. The van der Waals surface area contributed by atoms with Crippen molar-refractivity contribution >= 4 is 11.3 Å². The van der Waals surface area contributed by atoms with E-state index in [0.29, 0.717) is 6.42 Å². The van der Waals surface area contributed by atoms with Gasteiger partial charge >= 0.3 is 0 Å². The molecule has 0 saturated carbocycles. The van der Waals surface area contributed by atoms with Gasteiger partial charge < -0.3 is 9.84 Å². The average Bonchev–Trinajstić information content (AvgIpc) is 2.81. The zero-order valence-corrected chi connectivity index (χ0v) is 11.7. The number of rotatable bonds is 4. The quantitative estimate of drug-likeness (QED) is 0.922. The summed E-state index contributed by atoms with van der Waals surface area (Å²) < 4.78 is 5.31. The Labute approximate surface area is 111 Å². The Kier molecular flexibility index (Phi) is 3.99. The minimum Gasteiger partial charge on any atom is -0.496 e. The molecular formula is C14H17NO2S. The maximum absolute atomic E-state index is 8.91. The van der Waals surface area contributed by atoms with Crippen LogP contribution in [-0.4, -0.2) is 23.8 Å². The molecule has 0 amide bonds. The van der Waals surface area contributed by atoms with Crippen LogP contribution in [0.15, 0.2) is 17.5 Å². The number of hydrogen-bond donors (Lipinski definition) is 1. The van der Waals surface area contributed by atoms with Crippen molar-refractivity contribution in [2.75, 3.05) is 13.7 Å². The highest BCUT2D eigenvalue weighted by Crippen LogP contribution is 2.32. The van der Waals surface area contributed by atoms with E-state index < -0.39 is 0 Å². The number of aliphatic hydroxyl groups excluding tert-OH is 1. The van der Waals surface area contributed by atoms with Crippen LogP contribution in [0.25, 0.3) is 10.6 Å². The first kappa shape index (κ1) is 13.1. The van der Waals surface area contributed by atoms with Gasteiger partial charge in [-0.2, -0.15) is 0 Å². The highest BCUT2D eigenvalue weighted by atomic mass is 32.1. The van der Waals surface area contributed by atoms with E-state index in [-0.39, 0.29) is 6.61 Å². The molecule has 4 heteroatoms. The van der Waals surface area contributed by atoms with E-state index in [9.17, 15) is 0 Å². The van der Waals surface area contributed by atoms with E-state index in [4.69, 9.17) is 9.84 Å². The van der Waals surface area contributed by atoms with E-state index in [0.717, 1.165) is 27.6 Å². The van der Waals surface area contributed by atoms with Gasteiger partial charge in [-0.15, -0.1) is 11.3 Å². The number of thiazole rings is 1. The summed E-state index contributed by atoms with van der Waals surface area (Å²) in [6.45, 7) is 4.28. The molecule has 0 spiro atoms. The standard InChI is InChI=1S/C14H17NO2S/c1-9-10(2)13(17-3)5-4-12(9)14-15-11(6-7-16)8-18-14/h4-5,8,16H,6-7H2,1-3H3. The van der Waals surface area contributed by atoms with Crippen molar-refractivity contribution in [1.82, 2.24) is 4.98 Å². The lowest BCUT2D eigenvalue weighted by molar-refractivity contribution is 0.298. The molecule has 18 heavy (non-hydrogen) atoms. The monoisotopic (exact) mass is 263 g/mol. The average molecular weight is 263 g/mol. The third-order valence-electron chi connectivity index (χ3n) is 3.11. The minimum absolute atomic E-state index is 0.143. The molecular weight excluding hydrogens is 246 g/mol. The lowest BCUT2D eigenvalue weighted by Gasteiger charge is -2.10. The van der Waals surface area contributed by atoms with Crippen molar-refractivity contribution in [2.45, 2.75) is 20.3 Å². The van der Waals surface area contributed by atoms with Gasteiger partial charge in [0.25, 0.3) is 0 Å². The number of aliphatic hydroxyl groups is 1. The maximum atomic E-state index is 8.91. The Hall–Kier alpha value is -1.39. The zero-order chi connectivity index (χ0) is 13.1. The third kappa shape index (κ3) is 2.40. The molecule has 0 aliphatic rings. The lowest BCUT2D eigenvalue weighted by Crippen LogP contribution is -1.94. The van der Waals surface area contributed by atoms with Crippen LogP contribution in [-0.2, 0) is 6.42 Å². The molecule has 1 N–H and O–H groups in total. The molecule has 0 fully saturated rings. The molecule has 1 aromatic heterocycles. The molecule has 0 aliphatic carbocycles. The van der Waals surface area contributed by atoms with Gasteiger partial charge in [-0.25, -0.2) is 4.98 Å². The first-order valence-electron chi connectivity index (χ1n) is 5.87. The molecule has 1 heterocycles. The molecule has 0 unspecified atom stereocenters. The van der Waals surface area contributed by atoms with Crippen LogP contribution in [0.2, 0.25) is 0 Å². The fourth-order valence-corrected chi connectivity index (χ4v) is 2.84. The number of methoxy groups -OCH3 is 1. The molecule has 96 valence electrons. The topological polar surface area (TPSA) is 42.4 Å². The van der Waals surface area contributed by atoms with Gasteiger partial charge in [0.2, 0.25) is 0 Å². The van der Waals surface area contributed by atoms with Gasteiger partial charge in [0, 0.05) is 24.0 Å². The van der Waals surface area contributed by atoms with Crippen LogP contribution in [0.4, 0.5) is 0 Å². The number of aromatic nitrogens is 1. The molecule has 0 bridgehead atoms. The molecule has 0 atom stereocenters. The Balaban J connectivity index is 2.41. The van der Waals surface area contributed by atoms with Gasteiger partial charge in [-0.3, -0.25) is 0 Å². The van der Waals surface area contributed by atoms with E-state index >= 15 is 0 Å². The van der Waals surface area contributed by atoms with E-state index in [2.05, 4.69) is 18.8 Å². The molecule has 2 rings (SSSR count). The predicted molar refractivity (Wildman–Crippen MR) is 74.4 cm³/mol. The maximum Gasteiger partial charge on any atom is 0.123 e. The predicted octanol–water partition coefficient (Wildman–Crippen LogP) is 2.97. The Morgan fingerprint density at radius 3 is 2.72 bits per heavy atom. The van der Waals surface area contributed by atoms with Crippen LogP contribution >= 0.6 is 11.3 Å². The SMILES string of the molecule is COc1ccc(-c2nc(CCO)cs2)c(C)c1C. The Bertz CT molecular complexity index is 549. The molecule has 1 aromatic carbocycles. The van der Waals surface area contributed by atoms with Crippen LogP contribution in [0, 0.1) is 13.8 Å². The largest absolute Gasteiger partial charge is 0.496 e. The van der Waals surface area contributed by atoms with Crippen molar-refractivity contribution in [3.8, 4) is 16.3 Å². The summed E-state index contributed by atoms with van der Waals surface area (Å²) in [7, 11) is 1.68. The van der Waals surface area contributed by atoms with Crippen molar-refractivity contribution in [1.29, 1.82) is 0 Å². The highest BCUT2D eigenvalue weighted by Gasteiger charge is 2.11. The van der Waals surface area contributed by atoms with Crippen molar-refractivity contribution < 1.29 is 9.84 Å². The van der Waals surface area contributed by atoms with Crippen LogP contribution in [0.5, 0.6) is 5.75 Å². The molecule has 3 nitrogen and oxygen atoms in total. The fraction of sp³-hybridized carbons (Fsp3) is 0.357. The van der Waals surface area contributed by atoms with Gasteiger partial charge in [-0.1, -0.05) is 0 Å². The normalized spacial score (nSPS) is 10.7. The first-order chi connectivity index (χ1) is 8.67. The van der Waals surface area contributed by atoms with Gasteiger partial charge in [-0.05, 0) is 37.1 Å². The zero-order valence-electron chi connectivity index (χ0n) is 10.9. The molecule has 0 saturated heterocycles. The fourth-order valence-electron chi connectivity index (χ4n) is 1.91. The second kappa shape index (κ2) is 5.50. The number of hydrogen-bond acceptors (Lipinski definition) is 4. The minimum atomic E-state index is 0.143. The summed E-state index contributed by atoms with van der Waals surface area (Å²) in [6.07, 6.45) is 0.616. The van der Waals surface area contributed by atoms with Gasteiger partial charge in [0.1, 0.15) is 10.8 Å². The number of benzene rings is 1. The van der Waals surface area contributed by atoms with Crippen LogP contribution in [0.3, 0.4) is 0 Å². The lowest BCUT2D eigenvalue weighted by atomic mass is 10.0. The first-order valence-corrected chi connectivity index (χ1v) is 6.75. The van der Waals surface area contributed by atoms with E-state index in [1.54, 1.807) is 18.4 Å². The van der Waals surface area contributed by atoms with Crippen LogP contribution < -0.4 is 4.74 Å². The van der Waals surface area contributed by atoms with Crippen LogP contribution in [0.1, 0.15) is 16.8 Å². The number of nitrogens with zero attached hydrogens (tertiary/aromatic N) is 1. The van der Waals surface area contributed by atoms with Gasteiger partial charge in [0.15, 0.2) is 0 Å². The summed E-state index contributed by atoms with van der Waals surface area (Å²) in [5.74, 6) is 0.906. The summed E-state index contributed by atoms with van der Waals surface area (Å²) in [6, 6.07) is 4.02. The highest BCUT2D eigenvalue weighted by molar-refractivity contribution is 7.13. The van der Waals surface area contributed by atoms with E-state index in [1.807, 2.05) is 17.5 Å².